The molecule has 1 aromatic heterocycles. The number of benzene rings is 2. The molecular weight excluding hydrogens is 274 g/mol. The highest BCUT2D eigenvalue weighted by atomic mass is 16.3. The van der Waals surface area contributed by atoms with Crippen LogP contribution in [0, 0.1) is 0 Å². The quantitative estimate of drug-likeness (QED) is 0.692. The SMILES string of the molecule is Cn1nnc2c1-c1ccccc1C(O)CCc1ccccc1-2. The van der Waals surface area contributed by atoms with Crippen molar-refractivity contribution in [2.24, 2.45) is 7.05 Å². The topological polar surface area (TPSA) is 50.9 Å². The third kappa shape index (κ3) is 1.96. The van der Waals surface area contributed by atoms with E-state index in [-0.39, 0.29) is 0 Å². The van der Waals surface area contributed by atoms with Crippen LogP contribution < -0.4 is 0 Å². The maximum absolute atomic E-state index is 10.6. The molecule has 1 aliphatic carbocycles. The number of aliphatic hydroxyl groups is 1. The Labute approximate surface area is 129 Å². The van der Waals surface area contributed by atoms with Gasteiger partial charge in [0.1, 0.15) is 5.69 Å². The van der Waals surface area contributed by atoms with Gasteiger partial charge in [-0.15, -0.1) is 5.10 Å². The molecule has 1 N–H and O–H groups in total. The maximum atomic E-state index is 10.6. The van der Waals surface area contributed by atoms with Crippen LogP contribution in [0.2, 0.25) is 0 Å². The molecular formula is C18H17N3O. The highest BCUT2D eigenvalue weighted by Crippen LogP contribution is 2.38. The molecule has 1 heterocycles. The van der Waals surface area contributed by atoms with Crippen LogP contribution in [0.4, 0.5) is 0 Å². The molecule has 0 saturated carbocycles. The highest BCUT2D eigenvalue weighted by molar-refractivity contribution is 5.81. The fourth-order valence-corrected chi connectivity index (χ4v) is 3.26. The van der Waals surface area contributed by atoms with E-state index < -0.39 is 6.10 Å². The lowest BCUT2D eigenvalue weighted by Gasteiger charge is -2.14. The van der Waals surface area contributed by atoms with E-state index >= 15 is 0 Å². The van der Waals surface area contributed by atoms with Crippen LogP contribution >= 0.6 is 0 Å². The summed E-state index contributed by atoms with van der Waals surface area (Å²) in [5, 5.41) is 19.2. The summed E-state index contributed by atoms with van der Waals surface area (Å²) in [5.41, 5.74) is 6.12. The smallest absolute Gasteiger partial charge is 0.121 e. The van der Waals surface area contributed by atoms with Crippen molar-refractivity contribution in [3.8, 4) is 22.5 Å². The number of nitrogens with zero attached hydrogens (tertiary/aromatic N) is 3. The number of rotatable bonds is 0. The van der Waals surface area contributed by atoms with Gasteiger partial charge in [-0.2, -0.15) is 0 Å². The first-order chi connectivity index (χ1) is 10.8. The van der Waals surface area contributed by atoms with E-state index in [2.05, 4.69) is 22.4 Å². The Morgan fingerprint density at radius 3 is 2.64 bits per heavy atom. The largest absolute Gasteiger partial charge is 0.388 e. The van der Waals surface area contributed by atoms with Gasteiger partial charge in [0.15, 0.2) is 0 Å². The fraction of sp³-hybridized carbons (Fsp3) is 0.222. The molecule has 0 aliphatic heterocycles. The van der Waals surface area contributed by atoms with Gasteiger partial charge in [0, 0.05) is 18.2 Å². The Morgan fingerprint density at radius 1 is 1.05 bits per heavy atom. The number of aryl methyl sites for hydroxylation is 2. The third-order valence-electron chi connectivity index (χ3n) is 4.36. The van der Waals surface area contributed by atoms with Gasteiger partial charge in [-0.3, -0.25) is 0 Å². The highest BCUT2D eigenvalue weighted by Gasteiger charge is 2.24. The second-order valence-electron chi connectivity index (χ2n) is 5.71. The van der Waals surface area contributed by atoms with E-state index in [1.807, 2.05) is 43.4 Å². The molecule has 4 heteroatoms. The summed E-state index contributed by atoms with van der Waals surface area (Å²) in [6.45, 7) is 0. The average Bonchev–Trinajstić information content (AvgIpc) is 2.95. The van der Waals surface area contributed by atoms with Crippen LogP contribution in [0.25, 0.3) is 22.5 Å². The number of hydrogen-bond donors (Lipinski definition) is 1. The Balaban J connectivity index is 2.07. The number of fused-ring (bicyclic) bond motifs is 5. The predicted molar refractivity (Wildman–Crippen MR) is 85.2 cm³/mol. The van der Waals surface area contributed by atoms with Crippen LogP contribution in [0.5, 0.6) is 0 Å². The molecule has 4 nitrogen and oxygen atoms in total. The third-order valence-corrected chi connectivity index (χ3v) is 4.36. The van der Waals surface area contributed by atoms with E-state index in [9.17, 15) is 5.11 Å². The number of aliphatic hydroxyl groups excluding tert-OH is 1. The van der Waals surface area contributed by atoms with Crippen molar-refractivity contribution in [2.45, 2.75) is 18.9 Å². The minimum Gasteiger partial charge on any atom is -0.388 e. The second-order valence-corrected chi connectivity index (χ2v) is 5.71. The van der Waals surface area contributed by atoms with Crippen LogP contribution in [-0.2, 0) is 13.5 Å². The van der Waals surface area contributed by atoms with Crippen LogP contribution in [-0.4, -0.2) is 20.1 Å². The maximum Gasteiger partial charge on any atom is 0.121 e. The van der Waals surface area contributed by atoms with Crippen molar-refractivity contribution in [1.29, 1.82) is 0 Å². The van der Waals surface area contributed by atoms with Crippen molar-refractivity contribution >= 4 is 0 Å². The summed E-state index contributed by atoms with van der Waals surface area (Å²) < 4.78 is 1.79. The van der Waals surface area contributed by atoms with Crippen molar-refractivity contribution in [1.82, 2.24) is 15.0 Å². The number of aromatic nitrogens is 3. The lowest BCUT2D eigenvalue weighted by atomic mass is 9.97. The molecule has 0 bridgehead atoms. The van der Waals surface area contributed by atoms with Gasteiger partial charge in [0.25, 0.3) is 0 Å². The summed E-state index contributed by atoms with van der Waals surface area (Å²) in [7, 11) is 1.90. The zero-order valence-electron chi connectivity index (χ0n) is 12.4. The molecule has 0 spiro atoms. The van der Waals surface area contributed by atoms with Gasteiger partial charge in [0.05, 0.1) is 11.8 Å². The van der Waals surface area contributed by atoms with E-state index in [1.165, 1.54) is 5.56 Å². The van der Waals surface area contributed by atoms with E-state index in [1.54, 1.807) is 4.68 Å². The van der Waals surface area contributed by atoms with E-state index in [0.29, 0.717) is 6.42 Å². The van der Waals surface area contributed by atoms with Gasteiger partial charge in [-0.25, -0.2) is 4.68 Å². The van der Waals surface area contributed by atoms with Gasteiger partial charge < -0.3 is 5.11 Å². The normalized spacial score (nSPS) is 16.7. The van der Waals surface area contributed by atoms with Gasteiger partial charge in [-0.05, 0) is 24.0 Å². The molecule has 4 rings (SSSR count). The molecule has 0 amide bonds. The molecule has 0 fully saturated rings. The Morgan fingerprint density at radius 2 is 1.77 bits per heavy atom. The first-order valence-corrected chi connectivity index (χ1v) is 7.51. The fourth-order valence-electron chi connectivity index (χ4n) is 3.26. The monoisotopic (exact) mass is 291 g/mol. The van der Waals surface area contributed by atoms with Crippen molar-refractivity contribution in [2.75, 3.05) is 0 Å². The molecule has 1 unspecified atom stereocenters. The van der Waals surface area contributed by atoms with Crippen molar-refractivity contribution in [3.63, 3.8) is 0 Å². The Kier molecular flexibility index (Phi) is 3.05. The lowest BCUT2D eigenvalue weighted by molar-refractivity contribution is 0.168. The van der Waals surface area contributed by atoms with Crippen LogP contribution in [0.15, 0.2) is 48.5 Å². The zero-order chi connectivity index (χ0) is 15.1. The summed E-state index contributed by atoms with van der Waals surface area (Å²) in [6.07, 6.45) is 1.04. The summed E-state index contributed by atoms with van der Waals surface area (Å²) >= 11 is 0. The van der Waals surface area contributed by atoms with Gasteiger partial charge >= 0.3 is 0 Å². The molecule has 1 aliphatic rings. The standard InChI is InChI=1S/C18H17N3O/c1-21-18-15-9-5-4-8-14(15)16(22)11-10-12-6-2-3-7-13(12)17(18)19-20-21/h2-9,16,22H,10-11H2,1H3. The predicted octanol–water partition coefficient (Wildman–Crippen LogP) is 3.13. The minimum atomic E-state index is -0.481. The zero-order valence-corrected chi connectivity index (χ0v) is 12.4. The van der Waals surface area contributed by atoms with Crippen LogP contribution in [0.3, 0.4) is 0 Å². The van der Waals surface area contributed by atoms with E-state index in [4.69, 9.17) is 0 Å². The Hall–Kier alpha value is -2.46. The molecule has 110 valence electrons. The average molecular weight is 291 g/mol. The summed E-state index contributed by atoms with van der Waals surface area (Å²) in [5.74, 6) is 0. The first-order valence-electron chi connectivity index (χ1n) is 7.51. The molecule has 0 radical (unpaired) electrons. The van der Waals surface area contributed by atoms with E-state index in [0.717, 1.165) is 34.5 Å². The second kappa shape index (κ2) is 5.07. The summed E-state index contributed by atoms with van der Waals surface area (Å²) in [4.78, 5) is 0. The lowest BCUT2D eigenvalue weighted by Crippen LogP contribution is -2.03. The first kappa shape index (κ1) is 13.2. The summed E-state index contributed by atoms with van der Waals surface area (Å²) in [6, 6.07) is 16.2. The van der Waals surface area contributed by atoms with Crippen molar-refractivity contribution < 1.29 is 5.11 Å². The van der Waals surface area contributed by atoms with Gasteiger partial charge in [0.2, 0.25) is 0 Å². The molecule has 2 aromatic carbocycles. The molecule has 3 aromatic rings. The minimum absolute atomic E-state index is 0.481. The Bertz CT molecular complexity index is 838. The van der Waals surface area contributed by atoms with Crippen LogP contribution in [0.1, 0.15) is 23.7 Å². The van der Waals surface area contributed by atoms with Gasteiger partial charge in [-0.1, -0.05) is 53.7 Å². The molecule has 0 saturated heterocycles. The molecule has 1 atom stereocenters. The van der Waals surface area contributed by atoms with Crippen molar-refractivity contribution in [3.05, 3.63) is 59.7 Å². The molecule has 22 heavy (non-hydrogen) atoms. The number of hydrogen-bond acceptors (Lipinski definition) is 3.